The van der Waals surface area contributed by atoms with E-state index in [1.54, 1.807) is 12.1 Å². The van der Waals surface area contributed by atoms with Crippen molar-refractivity contribution in [2.75, 3.05) is 7.11 Å². The number of halogens is 2. The van der Waals surface area contributed by atoms with E-state index in [0.29, 0.717) is 10.8 Å². The molecule has 1 aromatic heterocycles. The molecule has 0 saturated carbocycles. The van der Waals surface area contributed by atoms with Crippen molar-refractivity contribution in [3.05, 3.63) is 38.8 Å². The average molecular weight is 318 g/mol. The van der Waals surface area contributed by atoms with Crippen LogP contribution in [0.2, 0.25) is 10.2 Å². The number of hydrogen-bond acceptors (Lipinski definition) is 5. The summed E-state index contributed by atoms with van der Waals surface area (Å²) in [5, 5.41) is 0.874. The van der Waals surface area contributed by atoms with E-state index in [0.717, 1.165) is 16.9 Å². The van der Waals surface area contributed by atoms with Crippen LogP contribution in [0.15, 0.2) is 18.2 Å². The minimum Gasteiger partial charge on any atom is -0.465 e. The van der Waals surface area contributed by atoms with Crippen molar-refractivity contribution >= 4 is 40.5 Å². The third-order valence-corrected chi connectivity index (χ3v) is 3.82. The van der Waals surface area contributed by atoms with E-state index < -0.39 is 5.97 Å². The summed E-state index contributed by atoms with van der Waals surface area (Å²) in [7, 11) is 1.28. The number of hydrogen-bond donors (Lipinski definition) is 0. The number of methoxy groups -OCH3 is 1. The van der Waals surface area contributed by atoms with Crippen LogP contribution in [0.25, 0.3) is 0 Å². The van der Waals surface area contributed by atoms with E-state index in [2.05, 4.69) is 9.72 Å². The van der Waals surface area contributed by atoms with E-state index in [1.165, 1.54) is 7.11 Å². The minimum absolute atomic E-state index is 0.0616. The van der Waals surface area contributed by atoms with Crippen molar-refractivity contribution in [2.45, 2.75) is 6.92 Å². The van der Waals surface area contributed by atoms with Gasteiger partial charge in [-0.05, 0) is 24.6 Å². The first-order chi connectivity index (χ1) is 9.01. The van der Waals surface area contributed by atoms with Crippen LogP contribution in [0.1, 0.15) is 15.2 Å². The van der Waals surface area contributed by atoms with E-state index >= 15 is 0 Å². The largest absolute Gasteiger partial charge is 0.465 e. The van der Waals surface area contributed by atoms with Crippen LogP contribution in [0.3, 0.4) is 0 Å². The molecule has 0 amide bonds. The fourth-order valence-corrected chi connectivity index (χ4v) is 2.54. The molecule has 1 heterocycles. The lowest BCUT2D eigenvalue weighted by molar-refractivity contribution is 0.0606. The number of carbonyl (C=O) groups is 1. The van der Waals surface area contributed by atoms with E-state index in [9.17, 15) is 4.79 Å². The van der Waals surface area contributed by atoms with Crippen LogP contribution in [0.5, 0.6) is 10.9 Å². The fraction of sp³-hybridized carbons (Fsp3) is 0.167. The van der Waals surface area contributed by atoms with Crippen molar-refractivity contribution in [1.82, 2.24) is 4.98 Å². The molecular formula is C12H9Cl2NO3S. The fourth-order valence-electron chi connectivity index (χ4n) is 1.32. The van der Waals surface area contributed by atoms with Gasteiger partial charge in [0.1, 0.15) is 5.75 Å². The molecule has 0 aliphatic rings. The topological polar surface area (TPSA) is 48.4 Å². The predicted molar refractivity (Wildman–Crippen MR) is 74.7 cm³/mol. The second-order valence-electron chi connectivity index (χ2n) is 3.60. The molecule has 0 saturated heterocycles. The maximum Gasteiger partial charge on any atom is 0.351 e. The Kier molecular flexibility index (Phi) is 4.29. The second kappa shape index (κ2) is 5.77. The maximum absolute atomic E-state index is 11.4. The number of thiazole rings is 1. The van der Waals surface area contributed by atoms with Crippen molar-refractivity contribution in [3.8, 4) is 10.9 Å². The number of aromatic nitrogens is 1. The van der Waals surface area contributed by atoms with Gasteiger partial charge in [-0.1, -0.05) is 40.6 Å². The molecule has 4 nitrogen and oxygen atoms in total. The predicted octanol–water partition coefficient (Wildman–Crippen LogP) is 4.34. The molecule has 2 aromatic rings. The second-order valence-corrected chi connectivity index (χ2v) is 5.36. The van der Waals surface area contributed by atoms with Crippen LogP contribution < -0.4 is 4.74 Å². The van der Waals surface area contributed by atoms with Crippen LogP contribution in [-0.4, -0.2) is 18.1 Å². The SMILES string of the molecule is COC(=O)c1sc(Oc2cc(Cl)ccc2C)nc1Cl. The Morgan fingerprint density at radius 1 is 1.37 bits per heavy atom. The highest BCUT2D eigenvalue weighted by Crippen LogP contribution is 2.34. The molecule has 0 aliphatic carbocycles. The molecule has 0 radical (unpaired) electrons. The zero-order valence-electron chi connectivity index (χ0n) is 10.1. The highest BCUT2D eigenvalue weighted by atomic mass is 35.5. The standard InChI is InChI=1S/C12H9Cl2NO3S/c1-6-3-4-7(13)5-8(6)18-12-15-10(14)9(19-12)11(16)17-2/h3-5H,1-2H3. The molecular weight excluding hydrogens is 309 g/mol. The first-order valence-electron chi connectivity index (χ1n) is 5.20. The molecule has 100 valence electrons. The first kappa shape index (κ1) is 14.1. The Morgan fingerprint density at radius 2 is 2.11 bits per heavy atom. The summed E-state index contributed by atoms with van der Waals surface area (Å²) in [6.45, 7) is 1.88. The van der Waals surface area contributed by atoms with Crippen LogP contribution in [-0.2, 0) is 4.74 Å². The molecule has 0 N–H and O–H groups in total. The van der Waals surface area contributed by atoms with E-state index in [4.69, 9.17) is 27.9 Å². The smallest absolute Gasteiger partial charge is 0.351 e. The van der Waals surface area contributed by atoms with Gasteiger partial charge in [-0.2, -0.15) is 4.98 Å². The maximum atomic E-state index is 11.4. The lowest BCUT2D eigenvalue weighted by atomic mass is 10.2. The summed E-state index contributed by atoms with van der Waals surface area (Å²) in [5.41, 5.74) is 0.898. The summed E-state index contributed by atoms with van der Waals surface area (Å²) < 4.78 is 10.2. The molecule has 2 rings (SSSR count). The molecule has 19 heavy (non-hydrogen) atoms. The van der Waals surface area contributed by atoms with Crippen molar-refractivity contribution in [1.29, 1.82) is 0 Å². The van der Waals surface area contributed by atoms with Crippen molar-refractivity contribution < 1.29 is 14.3 Å². The average Bonchev–Trinajstić information content (AvgIpc) is 2.74. The highest BCUT2D eigenvalue weighted by Gasteiger charge is 2.18. The summed E-state index contributed by atoms with van der Waals surface area (Å²) in [5.74, 6) is 0.0227. The lowest BCUT2D eigenvalue weighted by Gasteiger charge is -2.05. The molecule has 7 heteroatoms. The van der Waals surface area contributed by atoms with E-state index in [1.807, 2.05) is 13.0 Å². The van der Waals surface area contributed by atoms with Crippen molar-refractivity contribution in [3.63, 3.8) is 0 Å². The Morgan fingerprint density at radius 3 is 2.79 bits per heavy atom. The number of esters is 1. The van der Waals surface area contributed by atoms with Gasteiger partial charge >= 0.3 is 5.97 Å². The number of nitrogens with zero attached hydrogens (tertiary/aromatic N) is 1. The molecule has 0 spiro atoms. The van der Waals surface area contributed by atoms with Crippen LogP contribution in [0, 0.1) is 6.92 Å². The molecule has 0 atom stereocenters. The number of ether oxygens (including phenoxy) is 2. The highest BCUT2D eigenvalue weighted by molar-refractivity contribution is 7.15. The van der Waals surface area contributed by atoms with Gasteiger partial charge in [0.05, 0.1) is 7.11 Å². The van der Waals surface area contributed by atoms with E-state index in [-0.39, 0.29) is 15.2 Å². The van der Waals surface area contributed by atoms with Crippen LogP contribution >= 0.6 is 34.5 Å². The Bertz CT molecular complexity index is 627. The molecule has 0 unspecified atom stereocenters. The van der Waals surface area contributed by atoms with Gasteiger partial charge in [-0.15, -0.1) is 0 Å². The van der Waals surface area contributed by atoms with Crippen molar-refractivity contribution in [2.24, 2.45) is 0 Å². The third kappa shape index (κ3) is 3.18. The lowest BCUT2D eigenvalue weighted by Crippen LogP contribution is -1.98. The van der Waals surface area contributed by atoms with Gasteiger partial charge in [-0.25, -0.2) is 4.79 Å². The van der Waals surface area contributed by atoms with Gasteiger partial charge in [0.2, 0.25) is 0 Å². The van der Waals surface area contributed by atoms with Gasteiger partial charge in [0.15, 0.2) is 10.0 Å². The quantitative estimate of drug-likeness (QED) is 0.790. The Labute approximate surface area is 123 Å². The molecule has 1 aromatic carbocycles. The molecule has 0 aliphatic heterocycles. The van der Waals surface area contributed by atoms with Gasteiger partial charge in [0, 0.05) is 5.02 Å². The van der Waals surface area contributed by atoms with Gasteiger partial charge in [-0.3, -0.25) is 0 Å². The van der Waals surface area contributed by atoms with Gasteiger partial charge in [0.25, 0.3) is 5.19 Å². The zero-order valence-corrected chi connectivity index (χ0v) is 12.4. The monoisotopic (exact) mass is 317 g/mol. The third-order valence-electron chi connectivity index (χ3n) is 2.28. The molecule has 0 bridgehead atoms. The summed E-state index contributed by atoms with van der Waals surface area (Å²) in [6.07, 6.45) is 0. The molecule has 0 fully saturated rings. The Hall–Kier alpha value is -1.30. The number of benzene rings is 1. The minimum atomic E-state index is -0.542. The number of aryl methyl sites for hydroxylation is 1. The zero-order chi connectivity index (χ0) is 14.0. The van der Waals surface area contributed by atoms with Gasteiger partial charge < -0.3 is 9.47 Å². The normalized spacial score (nSPS) is 10.3. The van der Waals surface area contributed by atoms with Crippen LogP contribution in [0.4, 0.5) is 0 Å². The summed E-state index contributed by atoms with van der Waals surface area (Å²) >= 11 is 12.8. The number of carbonyl (C=O) groups excluding carboxylic acids is 1. The summed E-state index contributed by atoms with van der Waals surface area (Å²) in [4.78, 5) is 15.6. The number of rotatable bonds is 3. The first-order valence-corrected chi connectivity index (χ1v) is 6.77. The summed E-state index contributed by atoms with van der Waals surface area (Å²) in [6, 6.07) is 5.26. The Balaban J connectivity index is 2.29.